The number of carbonyl (C=O) groups excluding carboxylic acids is 1. The van der Waals surface area contributed by atoms with E-state index >= 15 is 8.78 Å². The number of phenols is 1. The normalized spacial score (nSPS) is 23.2. The maximum absolute atomic E-state index is 17.1. The number of hydrogen-bond donors (Lipinski definition) is 3. The standard InChI is InChI=1S/C43H47F3N6O4/c1-4-30-33(45)9-8-26-16-29(53)17-31(35(26)30)37-36(46)38-32(21-47-37)39(49-24-43(10-6-7-11-43)23-48-34(54)5-2)51-40(50-38)56-25-41(3)18-27(44)22-52(41)28-19-42(20-28)12-14-55-15-13-42/h1,5,8-9,16-17,21,27-28,53H,2,6-7,10-15,18-20,22-25H2,3H3,(H,48,54)(H,49,50,51)/t27-,41+/m1/s1. The fraction of sp³-hybridized carbons (Fsp3) is 0.488. The Morgan fingerprint density at radius 1 is 1.14 bits per heavy atom. The lowest BCUT2D eigenvalue weighted by atomic mass is 9.60. The molecule has 0 unspecified atom stereocenters. The van der Waals surface area contributed by atoms with Gasteiger partial charge in [0.15, 0.2) is 5.82 Å². The van der Waals surface area contributed by atoms with Gasteiger partial charge in [0.2, 0.25) is 5.91 Å². The molecule has 0 radical (unpaired) electrons. The minimum Gasteiger partial charge on any atom is -0.508 e. The van der Waals surface area contributed by atoms with E-state index in [4.69, 9.17) is 20.9 Å². The number of terminal acetylenes is 1. The number of aromatic hydroxyl groups is 1. The van der Waals surface area contributed by atoms with Gasteiger partial charge in [-0.25, -0.2) is 13.2 Å². The van der Waals surface area contributed by atoms with Crippen LogP contribution in [0.15, 0.2) is 43.1 Å². The number of amides is 1. The number of nitrogens with zero attached hydrogens (tertiary/aromatic N) is 4. The third-order valence-corrected chi connectivity index (χ3v) is 12.8. The zero-order valence-electron chi connectivity index (χ0n) is 31.6. The van der Waals surface area contributed by atoms with Crippen LogP contribution in [0.1, 0.15) is 70.3 Å². The summed E-state index contributed by atoms with van der Waals surface area (Å²) in [7, 11) is 0. The first-order valence-electron chi connectivity index (χ1n) is 19.5. The van der Waals surface area contributed by atoms with Crippen molar-refractivity contribution < 1.29 is 32.5 Å². The third kappa shape index (κ3) is 7.02. The van der Waals surface area contributed by atoms with Crippen LogP contribution in [0.25, 0.3) is 32.9 Å². The van der Waals surface area contributed by atoms with Gasteiger partial charge >= 0.3 is 6.01 Å². The van der Waals surface area contributed by atoms with E-state index in [-0.39, 0.29) is 86.5 Å². The van der Waals surface area contributed by atoms with E-state index in [0.29, 0.717) is 25.0 Å². The number of carbonyl (C=O) groups is 1. The van der Waals surface area contributed by atoms with Crippen molar-refractivity contribution in [2.75, 3.05) is 44.8 Å². The van der Waals surface area contributed by atoms with E-state index in [1.807, 2.05) is 6.92 Å². The van der Waals surface area contributed by atoms with Crippen LogP contribution in [0.5, 0.6) is 11.8 Å². The molecule has 0 bridgehead atoms. The van der Waals surface area contributed by atoms with E-state index in [1.54, 1.807) is 0 Å². The predicted molar refractivity (Wildman–Crippen MR) is 208 cm³/mol. The third-order valence-electron chi connectivity index (χ3n) is 12.8. The Kier molecular flexibility index (Phi) is 10.1. The van der Waals surface area contributed by atoms with Crippen LogP contribution in [-0.4, -0.2) is 88.1 Å². The number of anilines is 1. The molecule has 4 heterocycles. The van der Waals surface area contributed by atoms with Crippen molar-refractivity contribution in [2.24, 2.45) is 10.8 Å². The minimum atomic E-state index is -1.02. The molecule has 13 heteroatoms. The number of rotatable bonds is 11. The highest BCUT2D eigenvalue weighted by Gasteiger charge is 2.54. The fourth-order valence-electron chi connectivity index (χ4n) is 9.75. The van der Waals surface area contributed by atoms with Gasteiger partial charge in [-0.2, -0.15) is 9.97 Å². The van der Waals surface area contributed by atoms with Gasteiger partial charge in [0.25, 0.3) is 0 Å². The molecule has 2 aliphatic carbocycles. The van der Waals surface area contributed by atoms with Crippen molar-refractivity contribution in [3.8, 4) is 35.4 Å². The van der Waals surface area contributed by atoms with Crippen molar-refractivity contribution in [3.63, 3.8) is 0 Å². The molecule has 294 valence electrons. The number of likely N-dealkylation sites (tertiary alicyclic amines) is 1. The highest BCUT2D eigenvalue weighted by Crippen LogP contribution is 2.53. The second-order valence-corrected chi connectivity index (χ2v) is 16.6. The Bertz CT molecular complexity index is 2230. The van der Waals surface area contributed by atoms with Gasteiger partial charge in [0.05, 0.1) is 16.5 Å². The summed E-state index contributed by atoms with van der Waals surface area (Å²) < 4.78 is 59.2. The van der Waals surface area contributed by atoms with Gasteiger partial charge in [-0.15, -0.1) is 6.42 Å². The highest BCUT2D eigenvalue weighted by molar-refractivity contribution is 6.03. The summed E-state index contributed by atoms with van der Waals surface area (Å²) in [5.74, 6) is 0.680. The Balaban J connectivity index is 1.16. The average molecular weight is 769 g/mol. The van der Waals surface area contributed by atoms with Crippen LogP contribution in [0, 0.1) is 34.8 Å². The molecule has 10 nitrogen and oxygen atoms in total. The Hall–Kier alpha value is -4.93. The van der Waals surface area contributed by atoms with Crippen LogP contribution in [0.3, 0.4) is 0 Å². The van der Waals surface area contributed by atoms with Gasteiger partial charge in [-0.3, -0.25) is 14.7 Å². The summed E-state index contributed by atoms with van der Waals surface area (Å²) in [6, 6.07) is 5.50. The zero-order chi connectivity index (χ0) is 39.2. The maximum atomic E-state index is 17.1. The predicted octanol–water partition coefficient (Wildman–Crippen LogP) is 7.23. The molecule has 1 amide bonds. The zero-order valence-corrected chi connectivity index (χ0v) is 31.6. The number of halogens is 3. The lowest BCUT2D eigenvalue weighted by molar-refractivity contribution is -0.116. The number of aromatic nitrogens is 3. The number of hydrogen-bond acceptors (Lipinski definition) is 9. The van der Waals surface area contributed by atoms with Gasteiger partial charge in [-0.1, -0.05) is 31.4 Å². The molecule has 4 fully saturated rings. The first-order chi connectivity index (χ1) is 26.9. The maximum Gasteiger partial charge on any atom is 0.319 e. The summed E-state index contributed by atoms with van der Waals surface area (Å²) >= 11 is 0. The highest BCUT2D eigenvalue weighted by atomic mass is 19.1. The monoisotopic (exact) mass is 768 g/mol. The molecule has 4 aromatic rings. The first kappa shape index (κ1) is 38.0. The molecule has 2 atom stereocenters. The molecule has 8 rings (SSSR count). The topological polar surface area (TPSA) is 122 Å². The molecule has 1 spiro atoms. The number of benzene rings is 2. The van der Waals surface area contributed by atoms with Crippen LogP contribution in [0.4, 0.5) is 19.0 Å². The van der Waals surface area contributed by atoms with Gasteiger partial charge in [0, 0.05) is 67.9 Å². The number of fused-ring (bicyclic) bond motifs is 2. The average Bonchev–Trinajstić information content (AvgIpc) is 3.78. The summed E-state index contributed by atoms with van der Waals surface area (Å²) in [6.45, 7) is 8.30. The number of phenolic OH excluding ortho intramolecular Hbond substituents is 1. The van der Waals surface area contributed by atoms with E-state index in [9.17, 15) is 14.3 Å². The molecule has 2 aromatic carbocycles. The fourth-order valence-corrected chi connectivity index (χ4v) is 9.75. The molecule has 3 N–H and O–H groups in total. The molecule has 2 saturated carbocycles. The number of ether oxygens (including phenoxy) is 2. The molecule has 2 aromatic heterocycles. The number of alkyl halides is 1. The largest absolute Gasteiger partial charge is 0.508 e. The Labute approximate surface area is 324 Å². The summed E-state index contributed by atoms with van der Waals surface area (Å²) in [6.07, 6.45) is 15.4. The van der Waals surface area contributed by atoms with Gasteiger partial charge in [0.1, 0.15) is 41.4 Å². The van der Waals surface area contributed by atoms with Crippen LogP contribution in [-0.2, 0) is 9.53 Å². The molecule has 4 aliphatic rings. The smallest absolute Gasteiger partial charge is 0.319 e. The second-order valence-electron chi connectivity index (χ2n) is 16.6. The van der Waals surface area contributed by atoms with E-state index in [1.165, 1.54) is 36.5 Å². The van der Waals surface area contributed by atoms with Crippen LogP contribution >= 0.6 is 0 Å². The van der Waals surface area contributed by atoms with E-state index in [2.05, 4.69) is 38.0 Å². The van der Waals surface area contributed by atoms with Crippen molar-refractivity contribution in [3.05, 3.63) is 60.3 Å². The first-order valence-corrected chi connectivity index (χ1v) is 19.5. The van der Waals surface area contributed by atoms with Crippen LogP contribution in [0.2, 0.25) is 0 Å². The Morgan fingerprint density at radius 2 is 1.91 bits per heavy atom. The molecule has 2 saturated heterocycles. The van der Waals surface area contributed by atoms with Gasteiger partial charge in [-0.05, 0) is 80.5 Å². The SMILES string of the molecule is C#Cc1c(F)ccc2cc(O)cc(-c3ncc4c(NCC5(CNC(=O)C=C)CCCC5)nc(OC[C@]5(C)C[C@@H](F)CN5C5CC6(CCOCC6)C5)nc4c3F)c12. The number of pyridine rings is 1. The van der Waals surface area contributed by atoms with Gasteiger partial charge < -0.3 is 25.2 Å². The second kappa shape index (κ2) is 14.9. The lowest BCUT2D eigenvalue weighted by Gasteiger charge is -2.55. The van der Waals surface area contributed by atoms with Crippen molar-refractivity contribution >= 4 is 33.4 Å². The molecule has 56 heavy (non-hydrogen) atoms. The van der Waals surface area contributed by atoms with Crippen molar-refractivity contribution in [2.45, 2.75) is 82.5 Å². The van der Waals surface area contributed by atoms with E-state index < -0.39 is 23.3 Å². The van der Waals surface area contributed by atoms with Crippen LogP contribution < -0.4 is 15.4 Å². The van der Waals surface area contributed by atoms with Crippen molar-refractivity contribution in [1.82, 2.24) is 25.2 Å². The Morgan fingerprint density at radius 3 is 2.64 bits per heavy atom. The number of nitrogens with one attached hydrogen (secondary N) is 2. The summed E-state index contributed by atoms with van der Waals surface area (Å²) in [5, 5.41) is 17.9. The molecular formula is C43H47F3N6O4. The lowest BCUT2D eigenvalue weighted by Crippen LogP contribution is -2.59. The summed E-state index contributed by atoms with van der Waals surface area (Å²) in [5.41, 5.74) is -1.00. The molecule has 2 aliphatic heterocycles. The molecular weight excluding hydrogens is 722 g/mol. The van der Waals surface area contributed by atoms with Crippen molar-refractivity contribution in [1.29, 1.82) is 0 Å². The van der Waals surface area contributed by atoms with E-state index in [0.717, 1.165) is 64.6 Å². The summed E-state index contributed by atoms with van der Waals surface area (Å²) in [4.78, 5) is 28.2. The minimum absolute atomic E-state index is 0.0735. The quantitative estimate of drug-likeness (QED) is 0.107.